The summed E-state index contributed by atoms with van der Waals surface area (Å²) >= 11 is 0. The summed E-state index contributed by atoms with van der Waals surface area (Å²) in [5.74, 6) is 0. The molecule has 9 rings (SSSR count). The third-order valence-corrected chi connectivity index (χ3v) is 9.14. The second kappa shape index (κ2) is 10.4. The summed E-state index contributed by atoms with van der Waals surface area (Å²) in [5, 5.41) is 14.7. The summed E-state index contributed by atoms with van der Waals surface area (Å²) in [6.45, 7) is 0. The maximum absolute atomic E-state index is 9.79. The van der Waals surface area contributed by atoms with Crippen LogP contribution in [0.25, 0.3) is 77.2 Å². The fraction of sp³-hybridized carbons (Fsp3) is 0. The van der Waals surface area contributed by atoms with Gasteiger partial charge in [-0.05, 0) is 59.7 Å². The van der Waals surface area contributed by atoms with Crippen molar-refractivity contribution in [3.63, 3.8) is 0 Å². The number of rotatable bonds is 4. The smallest absolute Gasteiger partial charge is 0.0991 e. The lowest BCUT2D eigenvalue weighted by Crippen LogP contribution is -2.01. The topological polar surface area (TPSA) is 33.6 Å². The van der Waals surface area contributed by atoms with E-state index in [4.69, 9.17) is 0 Å². The Labute approximate surface area is 266 Å². The van der Waals surface area contributed by atoms with Crippen molar-refractivity contribution >= 4 is 43.6 Å². The molecule has 9 aromatic rings. The van der Waals surface area contributed by atoms with Gasteiger partial charge in [0.05, 0.1) is 39.4 Å². The fourth-order valence-electron chi connectivity index (χ4n) is 7.18. The molecular formula is C43H27N3. The van der Waals surface area contributed by atoms with E-state index in [0.717, 1.165) is 44.7 Å². The lowest BCUT2D eigenvalue weighted by atomic mass is 9.94. The monoisotopic (exact) mass is 585 g/mol. The van der Waals surface area contributed by atoms with Gasteiger partial charge in [0.15, 0.2) is 0 Å². The SMILES string of the molecule is N#Cc1cccc(-c2cccc(-c3cccc(-n4c5ccccc5c5ccccc54)c3)c2-n2c3ccccc3c3ccccc32)c1. The van der Waals surface area contributed by atoms with E-state index < -0.39 is 0 Å². The highest BCUT2D eigenvalue weighted by Gasteiger charge is 2.20. The van der Waals surface area contributed by atoms with Crippen molar-refractivity contribution < 1.29 is 0 Å². The molecule has 0 aliphatic heterocycles. The van der Waals surface area contributed by atoms with Crippen LogP contribution in [0.15, 0.2) is 164 Å². The van der Waals surface area contributed by atoms with Gasteiger partial charge >= 0.3 is 0 Å². The van der Waals surface area contributed by atoms with Crippen LogP contribution >= 0.6 is 0 Å². The summed E-state index contributed by atoms with van der Waals surface area (Å²) in [6.07, 6.45) is 0. The summed E-state index contributed by atoms with van der Waals surface area (Å²) in [7, 11) is 0. The average Bonchev–Trinajstić information content (AvgIpc) is 3.64. The molecule has 214 valence electrons. The van der Waals surface area contributed by atoms with Gasteiger partial charge < -0.3 is 9.13 Å². The van der Waals surface area contributed by atoms with Crippen molar-refractivity contribution in [3.05, 3.63) is 169 Å². The van der Waals surface area contributed by atoms with Gasteiger partial charge in [0.1, 0.15) is 0 Å². The molecule has 0 radical (unpaired) electrons. The maximum atomic E-state index is 9.79. The number of hydrogen-bond donors (Lipinski definition) is 0. The van der Waals surface area contributed by atoms with Crippen LogP contribution in [0.5, 0.6) is 0 Å². The zero-order valence-electron chi connectivity index (χ0n) is 24.9. The Bertz CT molecular complexity index is 2560. The first-order chi connectivity index (χ1) is 22.8. The van der Waals surface area contributed by atoms with Gasteiger partial charge in [-0.3, -0.25) is 0 Å². The Morgan fingerprint density at radius 3 is 1.35 bits per heavy atom. The first-order valence-corrected chi connectivity index (χ1v) is 15.5. The van der Waals surface area contributed by atoms with Crippen LogP contribution in [0.4, 0.5) is 0 Å². The molecule has 3 heteroatoms. The highest BCUT2D eigenvalue weighted by Crippen LogP contribution is 2.42. The third kappa shape index (κ3) is 3.91. The molecule has 2 aromatic heterocycles. The summed E-state index contributed by atoms with van der Waals surface area (Å²) < 4.78 is 4.77. The molecule has 0 atom stereocenters. The van der Waals surface area contributed by atoms with Crippen molar-refractivity contribution in [1.82, 2.24) is 9.13 Å². The van der Waals surface area contributed by atoms with E-state index >= 15 is 0 Å². The van der Waals surface area contributed by atoms with E-state index in [2.05, 4.69) is 161 Å². The first kappa shape index (κ1) is 26.1. The Morgan fingerprint density at radius 2 is 0.826 bits per heavy atom. The van der Waals surface area contributed by atoms with Crippen molar-refractivity contribution in [2.24, 2.45) is 0 Å². The van der Waals surface area contributed by atoms with E-state index in [-0.39, 0.29) is 0 Å². The van der Waals surface area contributed by atoms with Crippen LogP contribution in [-0.4, -0.2) is 9.13 Å². The largest absolute Gasteiger partial charge is 0.309 e. The Hall–Kier alpha value is -6.37. The van der Waals surface area contributed by atoms with Crippen LogP contribution in [0.2, 0.25) is 0 Å². The second-order valence-electron chi connectivity index (χ2n) is 11.7. The Kier molecular flexibility index (Phi) is 5.88. The van der Waals surface area contributed by atoms with Gasteiger partial charge in [-0.15, -0.1) is 0 Å². The average molecular weight is 586 g/mol. The zero-order valence-corrected chi connectivity index (χ0v) is 24.9. The van der Waals surface area contributed by atoms with E-state index in [1.165, 1.54) is 32.6 Å². The van der Waals surface area contributed by atoms with E-state index in [1.807, 2.05) is 18.2 Å². The highest BCUT2D eigenvalue weighted by molar-refractivity contribution is 6.11. The van der Waals surface area contributed by atoms with Gasteiger partial charge in [0.2, 0.25) is 0 Å². The summed E-state index contributed by atoms with van der Waals surface area (Å²) in [4.78, 5) is 0. The van der Waals surface area contributed by atoms with Crippen LogP contribution in [0.1, 0.15) is 5.56 Å². The summed E-state index contributed by atoms with van der Waals surface area (Å²) in [5.41, 5.74) is 11.8. The predicted molar refractivity (Wildman–Crippen MR) is 191 cm³/mol. The number of aromatic nitrogens is 2. The molecule has 3 nitrogen and oxygen atoms in total. The summed E-state index contributed by atoms with van der Waals surface area (Å²) in [6, 6.07) is 60.2. The highest BCUT2D eigenvalue weighted by atomic mass is 15.0. The molecular weight excluding hydrogens is 558 g/mol. The van der Waals surface area contributed by atoms with E-state index in [9.17, 15) is 5.26 Å². The van der Waals surface area contributed by atoms with Crippen molar-refractivity contribution in [2.45, 2.75) is 0 Å². The molecule has 0 aliphatic rings. The van der Waals surface area contributed by atoms with Crippen LogP contribution in [0.3, 0.4) is 0 Å². The normalized spacial score (nSPS) is 11.5. The van der Waals surface area contributed by atoms with Gasteiger partial charge in [-0.1, -0.05) is 115 Å². The number of hydrogen-bond acceptors (Lipinski definition) is 1. The van der Waals surface area contributed by atoms with Crippen molar-refractivity contribution in [1.29, 1.82) is 5.26 Å². The lowest BCUT2D eigenvalue weighted by molar-refractivity contribution is 1.17. The van der Waals surface area contributed by atoms with Crippen LogP contribution < -0.4 is 0 Å². The molecule has 0 unspecified atom stereocenters. The standard InChI is InChI=1S/C43H27N3/c44-28-29-12-9-13-30(26-29)33-20-11-21-34(43(33)46-41-24-7-3-18-37(41)38-19-4-8-25-42(38)46)31-14-10-15-32(27-31)45-39-22-5-1-16-35(39)36-17-2-6-23-40(36)45/h1-27H. The number of fused-ring (bicyclic) bond motifs is 6. The number of benzene rings is 7. The van der Waals surface area contributed by atoms with Gasteiger partial charge in [0, 0.05) is 38.4 Å². The van der Waals surface area contributed by atoms with Gasteiger partial charge in [0.25, 0.3) is 0 Å². The molecule has 0 fully saturated rings. The van der Waals surface area contributed by atoms with Gasteiger partial charge in [-0.25, -0.2) is 0 Å². The molecule has 2 heterocycles. The molecule has 46 heavy (non-hydrogen) atoms. The van der Waals surface area contributed by atoms with Crippen LogP contribution in [-0.2, 0) is 0 Å². The minimum absolute atomic E-state index is 0.643. The molecule has 7 aromatic carbocycles. The minimum Gasteiger partial charge on any atom is -0.309 e. The fourth-order valence-corrected chi connectivity index (χ4v) is 7.18. The van der Waals surface area contributed by atoms with Crippen molar-refractivity contribution in [3.8, 4) is 39.7 Å². The Morgan fingerprint density at radius 1 is 0.391 bits per heavy atom. The number of nitrogens with zero attached hydrogens (tertiary/aromatic N) is 3. The quantitative estimate of drug-likeness (QED) is 0.202. The van der Waals surface area contributed by atoms with Crippen molar-refractivity contribution in [2.75, 3.05) is 0 Å². The van der Waals surface area contributed by atoms with E-state index in [0.29, 0.717) is 5.56 Å². The number of nitriles is 1. The zero-order chi connectivity index (χ0) is 30.6. The Balaban J connectivity index is 1.37. The minimum atomic E-state index is 0.643. The predicted octanol–water partition coefficient (Wildman–Crippen LogP) is 11.1. The maximum Gasteiger partial charge on any atom is 0.0991 e. The third-order valence-electron chi connectivity index (χ3n) is 9.14. The van der Waals surface area contributed by atoms with Gasteiger partial charge in [-0.2, -0.15) is 5.26 Å². The van der Waals surface area contributed by atoms with E-state index in [1.54, 1.807) is 0 Å². The molecule has 0 aliphatic carbocycles. The molecule has 0 N–H and O–H groups in total. The molecule has 0 amide bonds. The molecule has 0 spiro atoms. The second-order valence-corrected chi connectivity index (χ2v) is 11.7. The molecule has 0 saturated heterocycles. The molecule has 0 saturated carbocycles. The lowest BCUT2D eigenvalue weighted by Gasteiger charge is -2.20. The van der Waals surface area contributed by atoms with Crippen LogP contribution in [0, 0.1) is 11.3 Å². The first-order valence-electron chi connectivity index (χ1n) is 15.5. The number of para-hydroxylation sites is 5. The molecule has 0 bridgehead atoms.